The number of thioether (sulfide) groups is 1. The number of hydrogen-bond donors (Lipinski definition) is 1. The molecule has 0 aromatic carbocycles. The SMILES string of the molecule is CC(C)NCc1ccc(CSC(F)F)o1. The molecule has 0 spiro atoms. The molecule has 0 aliphatic rings. The summed E-state index contributed by atoms with van der Waals surface area (Å²) in [6.45, 7) is 4.71. The number of nitrogens with one attached hydrogen (secondary N) is 1. The second kappa shape index (κ2) is 6.12. The summed E-state index contributed by atoms with van der Waals surface area (Å²) in [7, 11) is 0. The van der Waals surface area contributed by atoms with Crippen molar-refractivity contribution < 1.29 is 13.2 Å². The third-order valence-electron chi connectivity index (χ3n) is 1.75. The number of halogens is 2. The molecule has 1 N–H and O–H groups in total. The van der Waals surface area contributed by atoms with Gasteiger partial charge < -0.3 is 9.73 Å². The second-order valence-electron chi connectivity index (χ2n) is 3.48. The first-order chi connectivity index (χ1) is 7.08. The monoisotopic (exact) mass is 235 g/mol. The fourth-order valence-electron chi connectivity index (χ4n) is 1.04. The van der Waals surface area contributed by atoms with Crippen LogP contribution >= 0.6 is 11.8 Å². The lowest BCUT2D eigenvalue weighted by molar-refractivity contribution is 0.251. The Balaban J connectivity index is 2.35. The zero-order valence-corrected chi connectivity index (χ0v) is 9.61. The Morgan fingerprint density at radius 1 is 1.33 bits per heavy atom. The van der Waals surface area contributed by atoms with Gasteiger partial charge in [-0.2, -0.15) is 8.78 Å². The highest BCUT2D eigenvalue weighted by molar-refractivity contribution is 7.98. The van der Waals surface area contributed by atoms with Crippen molar-refractivity contribution in [2.45, 2.75) is 37.9 Å². The van der Waals surface area contributed by atoms with Crippen LogP contribution in [0.5, 0.6) is 0 Å². The summed E-state index contributed by atoms with van der Waals surface area (Å²) in [5, 5.41) is 3.19. The molecule has 2 nitrogen and oxygen atoms in total. The molecule has 0 amide bonds. The Hall–Kier alpha value is -0.550. The van der Waals surface area contributed by atoms with Crippen LogP contribution in [-0.2, 0) is 12.3 Å². The van der Waals surface area contributed by atoms with Crippen LogP contribution in [-0.4, -0.2) is 11.8 Å². The molecule has 0 fully saturated rings. The minimum Gasteiger partial charge on any atom is -0.464 e. The van der Waals surface area contributed by atoms with E-state index in [0.717, 1.165) is 5.76 Å². The van der Waals surface area contributed by atoms with Gasteiger partial charge in [0.15, 0.2) is 0 Å². The van der Waals surface area contributed by atoms with E-state index in [1.54, 1.807) is 6.07 Å². The normalized spacial score (nSPS) is 11.6. The fourth-order valence-corrected chi connectivity index (χ4v) is 1.49. The van der Waals surface area contributed by atoms with E-state index in [0.29, 0.717) is 30.1 Å². The molecule has 15 heavy (non-hydrogen) atoms. The van der Waals surface area contributed by atoms with Crippen molar-refractivity contribution in [1.29, 1.82) is 0 Å². The number of rotatable bonds is 6. The predicted molar refractivity (Wildman–Crippen MR) is 58.0 cm³/mol. The first-order valence-electron chi connectivity index (χ1n) is 4.78. The first kappa shape index (κ1) is 12.5. The molecule has 0 saturated carbocycles. The van der Waals surface area contributed by atoms with Gasteiger partial charge in [-0.3, -0.25) is 0 Å². The molecule has 0 unspecified atom stereocenters. The van der Waals surface area contributed by atoms with Gasteiger partial charge in [0.2, 0.25) is 0 Å². The van der Waals surface area contributed by atoms with E-state index in [-0.39, 0.29) is 5.75 Å². The lowest BCUT2D eigenvalue weighted by Crippen LogP contribution is -2.21. The van der Waals surface area contributed by atoms with Crippen molar-refractivity contribution in [3.05, 3.63) is 23.7 Å². The van der Waals surface area contributed by atoms with Crippen molar-refractivity contribution in [3.8, 4) is 0 Å². The summed E-state index contributed by atoms with van der Waals surface area (Å²) in [6, 6.07) is 3.94. The summed E-state index contributed by atoms with van der Waals surface area (Å²) >= 11 is 0.575. The molecule has 0 aliphatic carbocycles. The Morgan fingerprint density at radius 2 is 2.00 bits per heavy atom. The van der Waals surface area contributed by atoms with Crippen molar-refractivity contribution in [2.75, 3.05) is 0 Å². The maximum absolute atomic E-state index is 11.9. The van der Waals surface area contributed by atoms with Crippen molar-refractivity contribution in [1.82, 2.24) is 5.32 Å². The molecule has 1 aromatic rings. The van der Waals surface area contributed by atoms with Crippen LogP contribution in [0, 0.1) is 0 Å². The van der Waals surface area contributed by atoms with Crippen molar-refractivity contribution in [2.24, 2.45) is 0 Å². The van der Waals surface area contributed by atoms with E-state index in [4.69, 9.17) is 4.42 Å². The first-order valence-corrected chi connectivity index (χ1v) is 5.83. The van der Waals surface area contributed by atoms with Crippen LogP contribution in [0.15, 0.2) is 16.5 Å². The number of alkyl halides is 2. The summed E-state index contributed by atoms with van der Waals surface area (Å²) < 4.78 is 29.1. The number of furan rings is 1. The average Bonchev–Trinajstić information content (AvgIpc) is 2.59. The Morgan fingerprint density at radius 3 is 2.60 bits per heavy atom. The zero-order valence-electron chi connectivity index (χ0n) is 8.80. The van der Waals surface area contributed by atoms with E-state index in [9.17, 15) is 8.78 Å². The lowest BCUT2D eigenvalue weighted by atomic mass is 10.3. The number of hydrogen-bond acceptors (Lipinski definition) is 3. The quantitative estimate of drug-likeness (QED) is 0.819. The van der Waals surface area contributed by atoms with Gasteiger partial charge in [-0.1, -0.05) is 25.6 Å². The molecule has 1 heterocycles. The molecule has 0 atom stereocenters. The summed E-state index contributed by atoms with van der Waals surface area (Å²) in [5.74, 6) is -0.735. The van der Waals surface area contributed by atoms with Gasteiger partial charge in [0, 0.05) is 6.04 Å². The highest BCUT2D eigenvalue weighted by Crippen LogP contribution is 2.21. The molecule has 5 heteroatoms. The van der Waals surface area contributed by atoms with Gasteiger partial charge in [0.1, 0.15) is 11.5 Å². The Bertz CT molecular complexity index is 262. The van der Waals surface area contributed by atoms with Gasteiger partial charge in [-0.15, -0.1) is 0 Å². The third-order valence-corrected chi connectivity index (χ3v) is 2.46. The van der Waals surface area contributed by atoms with Crippen molar-refractivity contribution >= 4 is 11.8 Å². The predicted octanol–water partition coefficient (Wildman–Crippen LogP) is 3.23. The maximum atomic E-state index is 11.9. The lowest BCUT2D eigenvalue weighted by Gasteiger charge is -2.04. The molecule has 86 valence electrons. The van der Waals surface area contributed by atoms with E-state index >= 15 is 0 Å². The summed E-state index contributed by atoms with van der Waals surface area (Å²) in [6.07, 6.45) is 0. The second-order valence-corrected chi connectivity index (χ2v) is 4.45. The Labute approximate surface area is 92.4 Å². The van der Waals surface area contributed by atoms with Crippen LogP contribution in [0.25, 0.3) is 0 Å². The van der Waals surface area contributed by atoms with Gasteiger partial charge in [-0.05, 0) is 12.1 Å². The minimum atomic E-state index is -2.34. The smallest absolute Gasteiger partial charge is 0.284 e. The van der Waals surface area contributed by atoms with Gasteiger partial charge >= 0.3 is 0 Å². The largest absolute Gasteiger partial charge is 0.464 e. The minimum absolute atomic E-state index is 0.222. The third kappa shape index (κ3) is 5.18. The molecule has 1 aromatic heterocycles. The molecule has 0 aliphatic heterocycles. The Kier molecular flexibility index (Phi) is 5.11. The van der Waals surface area contributed by atoms with Gasteiger partial charge in [0.25, 0.3) is 5.76 Å². The maximum Gasteiger partial charge on any atom is 0.284 e. The van der Waals surface area contributed by atoms with E-state index in [1.807, 2.05) is 19.9 Å². The van der Waals surface area contributed by atoms with Crippen LogP contribution in [0.4, 0.5) is 8.78 Å². The van der Waals surface area contributed by atoms with E-state index in [1.165, 1.54) is 0 Å². The molecule has 1 rings (SSSR count). The average molecular weight is 235 g/mol. The van der Waals surface area contributed by atoms with Gasteiger partial charge in [0.05, 0.1) is 12.3 Å². The van der Waals surface area contributed by atoms with Gasteiger partial charge in [-0.25, -0.2) is 0 Å². The topological polar surface area (TPSA) is 25.2 Å². The van der Waals surface area contributed by atoms with E-state index in [2.05, 4.69) is 5.32 Å². The summed E-state index contributed by atoms with van der Waals surface area (Å²) in [5.41, 5.74) is 0. The molecular formula is C10H15F2NOS. The van der Waals surface area contributed by atoms with E-state index < -0.39 is 5.76 Å². The highest BCUT2D eigenvalue weighted by Gasteiger charge is 2.07. The van der Waals surface area contributed by atoms with Crippen molar-refractivity contribution in [3.63, 3.8) is 0 Å². The van der Waals surface area contributed by atoms with Crippen LogP contribution in [0.2, 0.25) is 0 Å². The summed E-state index contributed by atoms with van der Waals surface area (Å²) in [4.78, 5) is 0. The molecule has 0 saturated heterocycles. The molecular weight excluding hydrogens is 220 g/mol. The molecule has 0 bridgehead atoms. The molecule has 0 radical (unpaired) electrons. The van der Waals surface area contributed by atoms with Crippen LogP contribution in [0.3, 0.4) is 0 Å². The van der Waals surface area contributed by atoms with Crippen LogP contribution in [0.1, 0.15) is 25.4 Å². The highest BCUT2D eigenvalue weighted by atomic mass is 32.2. The standard InChI is InChI=1S/C10H15F2NOS/c1-7(2)13-5-8-3-4-9(14-8)6-15-10(11)12/h3-4,7,10,13H,5-6H2,1-2H3. The van der Waals surface area contributed by atoms with Crippen LogP contribution < -0.4 is 5.32 Å². The fraction of sp³-hybridized carbons (Fsp3) is 0.600. The zero-order chi connectivity index (χ0) is 11.3.